The zero-order chi connectivity index (χ0) is 10.3. The Labute approximate surface area is 76.6 Å². The van der Waals surface area contributed by atoms with E-state index in [2.05, 4.69) is 11.3 Å². The molecule has 0 fully saturated rings. The van der Waals surface area contributed by atoms with Crippen LogP contribution in [0.2, 0.25) is 0 Å². The van der Waals surface area contributed by atoms with Crippen molar-refractivity contribution in [2.75, 3.05) is 13.2 Å². The molecule has 0 radical (unpaired) electrons. The van der Waals surface area contributed by atoms with Crippen LogP contribution in [0.25, 0.3) is 0 Å². The van der Waals surface area contributed by atoms with Crippen molar-refractivity contribution in [2.45, 2.75) is 19.6 Å². The average Bonchev–Trinajstić information content (AvgIpc) is 2.13. The van der Waals surface area contributed by atoms with Gasteiger partial charge in [0.05, 0.1) is 6.61 Å². The van der Waals surface area contributed by atoms with E-state index in [0.29, 0.717) is 6.61 Å². The number of ether oxygens (including phenoxy) is 2. The molecule has 0 spiro atoms. The first-order valence-electron chi connectivity index (χ1n) is 3.93. The van der Waals surface area contributed by atoms with E-state index in [-0.39, 0.29) is 5.76 Å². The number of rotatable bonds is 6. The lowest BCUT2D eigenvalue weighted by molar-refractivity contribution is -0.172. The molecule has 0 aliphatic rings. The predicted octanol–water partition coefficient (Wildman–Crippen LogP) is -0.219. The predicted molar refractivity (Wildman–Crippen MR) is 44.6 cm³/mol. The summed E-state index contributed by atoms with van der Waals surface area (Å²) in [6.07, 6.45) is -0.774. The maximum Gasteiger partial charge on any atom is 0.375 e. The van der Waals surface area contributed by atoms with Crippen LogP contribution >= 0.6 is 0 Å². The van der Waals surface area contributed by atoms with Gasteiger partial charge in [0.2, 0.25) is 6.29 Å². The molecule has 0 aliphatic carbocycles. The second-order valence-corrected chi connectivity index (χ2v) is 2.31. The van der Waals surface area contributed by atoms with Crippen LogP contribution in [-0.4, -0.2) is 35.7 Å². The normalized spacial score (nSPS) is 11.9. The molecule has 1 atom stereocenters. The molecule has 0 saturated heterocycles. The molecule has 76 valence electrons. The van der Waals surface area contributed by atoms with Gasteiger partial charge in [0.15, 0.2) is 5.76 Å². The van der Waals surface area contributed by atoms with Gasteiger partial charge in [-0.05, 0) is 13.0 Å². The zero-order valence-electron chi connectivity index (χ0n) is 7.52. The van der Waals surface area contributed by atoms with Crippen molar-refractivity contribution in [1.82, 2.24) is 0 Å². The van der Waals surface area contributed by atoms with Crippen molar-refractivity contribution in [3.63, 3.8) is 0 Å². The summed E-state index contributed by atoms with van der Waals surface area (Å²) in [5.41, 5.74) is 0. The summed E-state index contributed by atoms with van der Waals surface area (Å²) < 4.78 is 9.14. The van der Waals surface area contributed by atoms with E-state index in [9.17, 15) is 4.79 Å². The van der Waals surface area contributed by atoms with Crippen molar-refractivity contribution in [2.24, 2.45) is 0 Å². The molecule has 0 heterocycles. The van der Waals surface area contributed by atoms with Crippen molar-refractivity contribution >= 4 is 5.97 Å². The van der Waals surface area contributed by atoms with Gasteiger partial charge in [0.25, 0.3) is 0 Å². The first-order valence-corrected chi connectivity index (χ1v) is 3.93. The number of hydrogen-bond acceptors (Lipinski definition) is 5. The Hall–Kier alpha value is -1.07. The van der Waals surface area contributed by atoms with E-state index in [1.165, 1.54) is 0 Å². The SMILES string of the molecule is C=C(OCCC)C(=O)OC(O)CO. The number of aliphatic hydroxyl groups excluding tert-OH is 2. The first kappa shape index (κ1) is 11.9. The lowest BCUT2D eigenvalue weighted by atomic mass is 10.5. The molecule has 2 N–H and O–H groups in total. The lowest BCUT2D eigenvalue weighted by Gasteiger charge is -2.10. The molecule has 13 heavy (non-hydrogen) atoms. The van der Waals surface area contributed by atoms with Crippen molar-refractivity contribution in [1.29, 1.82) is 0 Å². The van der Waals surface area contributed by atoms with Gasteiger partial charge in [0, 0.05) is 0 Å². The van der Waals surface area contributed by atoms with Crippen molar-refractivity contribution in [3.8, 4) is 0 Å². The summed E-state index contributed by atoms with van der Waals surface area (Å²) in [6, 6.07) is 0. The van der Waals surface area contributed by atoms with Gasteiger partial charge in [-0.15, -0.1) is 0 Å². The van der Waals surface area contributed by atoms with Crippen LogP contribution in [0.1, 0.15) is 13.3 Å². The third-order valence-corrected chi connectivity index (χ3v) is 1.11. The Morgan fingerprint density at radius 3 is 2.69 bits per heavy atom. The lowest BCUT2D eigenvalue weighted by Crippen LogP contribution is -2.22. The third kappa shape index (κ3) is 5.21. The van der Waals surface area contributed by atoms with E-state index < -0.39 is 18.9 Å². The summed E-state index contributed by atoms with van der Waals surface area (Å²) in [6.45, 7) is 4.88. The summed E-state index contributed by atoms with van der Waals surface area (Å²) in [5.74, 6) is -1.04. The minimum atomic E-state index is -1.52. The van der Waals surface area contributed by atoms with Crippen LogP contribution in [0.15, 0.2) is 12.3 Å². The van der Waals surface area contributed by atoms with Gasteiger partial charge in [0.1, 0.15) is 6.61 Å². The van der Waals surface area contributed by atoms with Gasteiger partial charge < -0.3 is 19.7 Å². The molecule has 5 heteroatoms. The number of aliphatic hydroxyl groups is 2. The second-order valence-electron chi connectivity index (χ2n) is 2.31. The smallest absolute Gasteiger partial charge is 0.375 e. The molecule has 0 amide bonds. The maximum atomic E-state index is 10.9. The summed E-state index contributed by atoms with van der Waals surface area (Å²) in [5, 5.41) is 17.1. The van der Waals surface area contributed by atoms with Crippen molar-refractivity contribution in [3.05, 3.63) is 12.3 Å². The zero-order valence-corrected chi connectivity index (χ0v) is 7.52. The van der Waals surface area contributed by atoms with Crippen molar-refractivity contribution < 1.29 is 24.5 Å². The molecular weight excluding hydrogens is 176 g/mol. The van der Waals surface area contributed by atoms with Crippen LogP contribution in [0, 0.1) is 0 Å². The highest BCUT2D eigenvalue weighted by atomic mass is 16.7. The Kier molecular flexibility index (Phi) is 5.92. The standard InChI is InChI=1S/C8H14O5/c1-3-4-12-6(2)8(11)13-7(10)5-9/h7,9-10H,2-5H2,1H3. The monoisotopic (exact) mass is 190 g/mol. The second kappa shape index (κ2) is 6.45. The summed E-state index contributed by atoms with van der Waals surface area (Å²) in [4.78, 5) is 10.9. The number of carbonyl (C=O) groups is 1. The highest BCUT2D eigenvalue weighted by Crippen LogP contribution is 2.00. The highest BCUT2D eigenvalue weighted by Gasteiger charge is 2.14. The van der Waals surface area contributed by atoms with E-state index in [1.807, 2.05) is 6.92 Å². The van der Waals surface area contributed by atoms with Crippen LogP contribution in [0.5, 0.6) is 0 Å². The van der Waals surface area contributed by atoms with E-state index >= 15 is 0 Å². The number of carbonyl (C=O) groups excluding carboxylic acids is 1. The quantitative estimate of drug-likeness (QED) is 0.262. The van der Waals surface area contributed by atoms with Gasteiger partial charge in [-0.2, -0.15) is 0 Å². The summed E-state index contributed by atoms with van der Waals surface area (Å²) in [7, 11) is 0. The largest absolute Gasteiger partial charge is 0.487 e. The molecule has 0 aromatic carbocycles. The fraction of sp³-hybridized carbons (Fsp3) is 0.625. The molecule has 0 saturated carbocycles. The first-order chi connectivity index (χ1) is 6.11. The Balaban J connectivity index is 3.76. The molecule has 1 unspecified atom stereocenters. The fourth-order valence-corrected chi connectivity index (χ4v) is 0.511. The molecule has 0 aromatic heterocycles. The average molecular weight is 190 g/mol. The van der Waals surface area contributed by atoms with Crippen LogP contribution < -0.4 is 0 Å². The fourth-order valence-electron chi connectivity index (χ4n) is 0.511. The highest BCUT2D eigenvalue weighted by molar-refractivity contribution is 5.85. The van der Waals surface area contributed by atoms with Gasteiger partial charge >= 0.3 is 5.97 Å². The molecule has 0 rings (SSSR count). The molecule has 5 nitrogen and oxygen atoms in total. The van der Waals surface area contributed by atoms with E-state index in [4.69, 9.17) is 14.9 Å². The van der Waals surface area contributed by atoms with Gasteiger partial charge in [-0.1, -0.05) is 6.92 Å². The van der Waals surface area contributed by atoms with E-state index in [0.717, 1.165) is 6.42 Å². The Morgan fingerprint density at radius 2 is 2.23 bits per heavy atom. The number of hydrogen-bond donors (Lipinski definition) is 2. The van der Waals surface area contributed by atoms with Gasteiger partial charge in [-0.3, -0.25) is 0 Å². The van der Waals surface area contributed by atoms with Gasteiger partial charge in [-0.25, -0.2) is 4.79 Å². The maximum absolute atomic E-state index is 10.9. The number of esters is 1. The molecular formula is C8H14O5. The van der Waals surface area contributed by atoms with Crippen LogP contribution in [0.4, 0.5) is 0 Å². The summed E-state index contributed by atoms with van der Waals surface area (Å²) >= 11 is 0. The van der Waals surface area contributed by atoms with Crippen LogP contribution in [-0.2, 0) is 14.3 Å². The minimum Gasteiger partial charge on any atom is -0.487 e. The minimum absolute atomic E-state index is 0.172. The van der Waals surface area contributed by atoms with E-state index in [1.54, 1.807) is 0 Å². The van der Waals surface area contributed by atoms with Crippen LogP contribution in [0.3, 0.4) is 0 Å². The molecule has 0 bridgehead atoms. The molecule has 0 aromatic rings. The topological polar surface area (TPSA) is 76.0 Å². The third-order valence-electron chi connectivity index (χ3n) is 1.11. The molecule has 0 aliphatic heterocycles. The Bertz CT molecular complexity index is 177. The Morgan fingerprint density at radius 1 is 1.62 bits per heavy atom.